The van der Waals surface area contributed by atoms with Crippen LogP contribution in [0.25, 0.3) is 53.5 Å². The molecule has 0 spiro atoms. The fourth-order valence-electron chi connectivity index (χ4n) is 4.83. The minimum Gasteiger partial charge on any atom is -0.435 e. The van der Waals surface area contributed by atoms with E-state index in [-0.39, 0.29) is 18.3 Å². The Morgan fingerprint density at radius 1 is 0.743 bits per heavy atom. The van der Waals surface area contributed by atoms with Crippen LogP contribution in [0.4, 0.5) is 0 Å². The quantitative estimate of drug-likeness (QED) is 0.245. The number of nitrogens with zero attached hydrogens (tertiary/aromatic N) is 1. The maximum absolute atomic E-state index is 6.28. The van der Waals surface area contributed by atoms with Crippen LogP contribution in [0.15, 0.2) is 77.2 Å². The first-order chi connectivity index (χ1) is 16.8. The molecule has 2 aromatic heterocycles. The molecule has 1 fully saturated rings. The lowest BCUT2D eigenvalue weighted by Crippen LogP contribution is -2.41. The monoisotopic (exact) mass is 477 g/mol. The zero-order valence-electron chi connectivity index (χ0n) is 20.1. The predicted molar refractivity (Wildman–Crippen MR) is 146 cm³/mol. The summed E-state index contributed by atoms with van der Waals surface area (Å²) < 4.78 is 21.2. The lowest BCUT2D eigenvalue weighted by atomic mass is 9.79. The molecule has 1 aliphatic rings. The average Bonchev–Trinajstić information content (AvgIpc) is 3.49. The highest BCUT2D eigenvalue weighted by molar-refractivity contribution is 7.25. The Labute approximate surface area is 207 Å². The second kappa shape index (κ2) is 7.17. The Morgan fingerprint density at radius 3 is 2.26 bits per heavy atom. The molecule has 0 amide bonds. The molecule has 0 saturated carbocycles. The molecule has 6 heteroatoms. The third-order valence-electron chi connectivity index (χ3n) is 7.55. The minimum absolute atomic E-state index is 0.355. The van der Waals surface area contributed by atoms with Gasteiger partial charge in [-0.3, -0.25) is 0 Å². The lowest BCUT2D eigenvalue weighted by molar-refractivity contribution is 0.00578. The minimum atomic E-state index is -0.361. The van der Waals surface area contributed by atoms with Gasteiger partial charge in [-0.15, -0.1) is 11.3 Å². The van der Waals surface area contributed by atoms with E-state index in [1.165, 1.54) is 20.2 Å². The van der Waals surface area contributed by atoms with Gasteiger partial charge in [-0.25, -0.2) is 4.98 Å². The van der Waals surface area contributed by atoms with E-state index >= 15 is 0 Å². The highest BCUT2D eigenvalue weighted by Gasteiger charge is 2.51. The Bertz CT molecular complexity index is 1770. The number of aromatic nitrogens is 1. The average molecular weight is 477 g/mol. The van der Waals surface area contributed by atoms with Crippen molar-refractivity contribution in [2.75, 3.05) is 0 Å². The summed E-state index contributed by atoms with van der Waals surface area (Å²) in [7, 11) is -0.361. The van der Waals surface area contributed by atoms with Gasteiger partial charge in [0.25, 0.3) is 0 Å². The van der Waals surface area contributed by atoms with E-state index < -0.39 is 0 Å². The van der Waals surface area contributed by atoms with E-state index in [1.807, 2.05) is 18.2 Å². The van der Waals surface area contributed by atoms with Gasteiger partial charge in [-0.05, 0) is 62.8 Å². The fraction of sp³-hybridized carbons (Fsp3) is 0.207. The number of oxazole rings is 1. The first kappa shape index (κ1) is 21.1. The predicted octanol–water partition coefficient (Wildman–Crippen LogP) is 7.32. The molecular weight excluding hydrogens is 453 g/mol. The first-order valence-electron chi connectivity index (χ1n) is 11.9. The van der Waals surface area contributed by atoms with E-state index in [9.17, 15) is 0 Å². The first-order valence-corrected chi connectivity index (χ1v) is 12.7. The second-order valence-corrected chi connectivity index (χ2v) is 11.4. The molecule has 0 atom stereocenters. The standard InChI is InChI=1S/C29H24BNO3S/c1-28(2)29(3,4)34-30(33-28)19-11-13-22-21-12-9-18(15-24(21)35-25(22)16-19)27-31-23-14-10-17-7-5-6-8-20(17)26(23)32-27/h5-16H,1-4H3. The van der Waals surface area contributed by atoms with Crippen molar-refractivity contribution in [3.8, 4) is 11.5 Å². The van der Waals surface area contributed by atoms with Gasteiger partial charge in [0.05, 0.1) is 11.2 Å². The normalized spacial score (nSPS) is 17.3. The maximum Gasteiger partial charge on any atom is 0.494 e. The van der Waals surface area contributed by atoms with Crippen molar-refractivity contribution in [1.29, 1.82) is 0 Å². The van der Waals surface area contributed by atoms with E-state index in [2.05, 4.69) is 82.3 Å². The zero-order chi connectivity index (χ0) is 23.9. The SMILES string of the molecule is CC1(C)OB(c2ccc3c(c2)sc2cc(-c4nc5ccc6ccccc6c5o4)ccc23)OC1(C)C. The summed E-state index contributed by atoms with van der Waals surface area (Å²) in [6.07, 6.45) is 0. The molecule has 172 valence electrons. The number of hydrogen-bond acceptors (Lipinski definition) is 5. The molecule has 1 aliphatic heterocycles. The van der Waals surface area contributed by atoms with Gasteiger partial charge in [-0.2, -0.15) is 0 Å². The molecule has 4 nitrogen and oxygen atoms in total. The third-order valence-corrected chi connectivity index (χ3v) is 8.66. The van der Waals surface area contributed by atoms with Crippen LogP contribution in [0.1, 0.15) is 27.7 Å². The summed E-state index contributed by atoms with van der Waals surface area (Å²) in [5, 5.41) is 4.71. The summed E-state index contributed by atoms with van der Waals surface area (Å²) in [6.45, 7) is 8.34. The largest absolute Gasteiger partial charge is 0.494 e. The van der Waals surface area contributed by atoms with Gasteiger partial charge < -0.3 is 13.7 Å². The van der Waals surface area contributed by atoms with Crippen molar-refractivity contribution in [2.24, 2.45) is 0 Å². The number of fused-ring (bicyclic) bond motifs is 6. The van der Waals surface area contributed by atoms with Crippen LogP contribution in [0.3, 0.4) is 0 Å². The Kier molecular flexibility index (Phi) is 4.33. The smallest absolute Gasteiger partial charge is 0.435 e. The van der Waals surface area contributed by atoms with E-state index in [1.54, 1.807) is 11.3 Å². The highest BCUT2D eigenvalue weighted by Crippen LogP contribution is 2.39. The van der Waals surface area contributed by atoms with Crippen molar-refractivity contribution >= 4 is 66.0 Å². The molecule has 0 radical (unpaired) electrons. The van der Waals surface area contributed by atoms with Crippen molar-refractivity contribution in [3.05, 3.63) is 72.8 Å². The number of hydrogen-bond donors (Lipinski definition) is 0. The van der Waals surface area contributed by atoms with Crippen LogP contribution in [0.5, 0.6) is 0 Å². The molecule has 7 rings (SSSR count). The molecule has 3 heterocycles. The molecule has 0 unspecified atom stereocenters. The van der Waals surface area contributed by atoms with Crippen LogP contribution in [-0.2, 0) is 9.31 Å². The molecule has 0 N–H and O–H groups in total. The van der Waals surface area contributed by atoms with Crippen molar-refractivity contribution in [2.45, 2.75) is 38.9 Å². The zero-order valence-corrected chi connectivity index (χ0v) is 20.9. The van der Waals surface area contributed by atoms with Crippen LogP contribution >= 0.6 is 11.3 Å². The van der Waals surface area contributed by atoms with E-state index in [0.29, 0.717) is 5.89 Å². The van der Waals surface area contributed by atoms with Crippen molar-refractivity contribution in [1.82, 2.24) is 4.98 Å². The Morgan fingerprint density at radius 2 is 1.46 bits per heavy atom. The van der Waals surface area contributed by atoms with E-state index in [0.717, 1.165) is 32.9 Å². The summed E-state index contributed by atoms with van der Waals surface area (Å²) in [6, 6.07) is 25.3. The van der Waals surface area contributed by atoms with Crippen LogP contribution in [0.2, 0.25) is 0 Å². The third kappa shape index (κ3) is 3.17. The molecule has 35 heavy (non-hydrogen) atoms. The summed E-state index contributed by atoms with van der Waals surface area (Å²) in [4.78, 5) is 4.79. The number of benzene rings is 4. The number of thiophene rings is 1. The van der Waals surface area contributed by atoms with Gasteiger partial charge >= 0.3 is 7.12 Å². The van der Waals surface area contributed by atoms with Gasteiger partial charge in [0.1, 0.15) is 5.52 Å². The topological polar surface area (TPSA) is 44.5 Å². The maximum atomic E-state index is 6.28. The molecule has 0 bridgehead atoms. The molecule has 4 aromatic carbocycles. The molecule has 1 saturated heterocycles. The van der Waals surface area contributed by atoms with Crippen molar-refractivity contribution < 1.29 is 13.7 Å². The van der Waals surface area contributed by atoms with Gasteiger partial charge in [0.2, 0.25) is 5.89 Å². The highest BCUT2D eigenvalue weighted by atomic mass is 32.1. The lowest BCUT2D eigenvalue weighted by Gasteiger charge is -2.32. The fourth-order valence-corrected chi connectivity index (χ4v) is 6.03. The van der Waals surface area contributed by atoms with Crippen LogP contribution in [-0.4, -0.2) is 23.3 Å². The molecule has 0 aliphatic carbocycles. The molecule has 6 aromatic rings. The van der Waals surface area contributed by atoms with Crippen LogP contribution in [0, 0.1) is 0 Å². The van der Waals surface area contributed by atoms with E-state index in [4.69, 9.17) is 18.7 Å². The Balaban J connectivity index is 1.30. The van der Waals surface area contributed by atoms with Gasteiger partial charge in [0, 0.05) is 31.1 Å². The summed E-state index contributed by atoms with van der Waals surface area (Å²) in [5.41, 5.74) is 3.03. The summed E-state index contributed by atoms with van der Waals surface area (Å²) >= 11 is 1.77. The van der Waals surface area contributed by atoms with Crippen LogP contribution < -0.4 is 5.46 Å². The molecular formula is C29H24BNO3S. The Hall–Kier alpha value is -3.19. The number of rotatable bonds is 2. The second-order valence-electron chi connectivity index (χ2n) is 10.3. The summed E-state index contributed by atoms with van der Waals surface area (Å²) in [5.74, 6) is 0.647. The van der Waals surface area contributed by atoms with Gasteiger partial charge in [0.15, 0.2) is 5.58 Å². The van der Waals surface area contributed by atoms with Crippen molar-refractivity contribution in [3.63, 3.8) is 0 Å². The van der Waals surface area contributed by atoms with Gasteiger partial charge in [-0.1, -0.05) is 48.5 Å².